The van der Waals surface area contributed by atoms with Crippen LogP contribution in [-0.2, 0) is 9.59 Å². The first kappa shape index (κ1) is 18.5. The fourth-order valence-electron chi connectivity index (χ4n) is 2.64. The predicted octanol–water partition coefficient (Wildman–Crippen LogP) is 1.85. The van der Waals surface area contributed by atoms with Gasteiger partial charge in [-0.25, -0.2) is 0 Å². The first-order chi connectivity index (χ1) is 11.4. The third kappa shape index (κ3) is 4.39. The number of likely N-dealkylation sites (N-methyl/N-ethyl adjacent to an activating group) is 1. The molecule has 0 spiro atoms. The van der Waals surface area contributed by atoms with E-state index in [-0.39, 0.29) is 34.9 Å². The van der Waals surface area contributed by atoms with Crippen LogP contribution in [0, 0.1) is 0 Å². The van der Waals surface area contributed by atoms with E-state index in [0.29, 0.717) is 31.0 Å². The van der Waals surface area contributed by atoms with Crippen molar-refractivity contribution in [3.63, 3.8) is 0 Å². The Morgan fingerprint density at radius 1 is 1.25 bits per heavy atom. The van der Waals surface area contributed by atoms with Crippen LogP contribution in [0.2, 0.25) is 10.0 Å². The van der Waals surface area contributed by atoms with Gasteiger partial charge in [0.05, 0.1) is 17.1 Å². The van der Waals surface area contributed by atoms with Crippen molar-refractivity contribution in [1.82, 2.24) is 15.5 Å². The summed E-state index contributed by atoms with van der Waals surface area (Å²) in [4.78, 5) is 37.9. The summed E-state index contributed by atoms with van der Waals surface area (Å²) < 4.78 is 0. The van der Waals surface area contributed by atoms with Gasteiger partial charge in [0.15, 0.2) is 0 Å². The van der Waals surface area contributed by atoms with Crippen molar-refractivity contribution in [2.45, 2.75) is 25.8 Å². The number of halogens is 2. The molecule has 2 N–H and O–H groups in total. The summed E-state index contributed by atoms with van der Waals surface area (Å²) in [5, 5.41) is 5.86. The quantitative estimate of drug-likeness (QED) is 0.828. The smallest absolute Gasteiger partial charge is 0.256 e. The zero-order valence-electron chi connectivity index (χ0n) is 13.3. The van der Waals surface area contributed by atoms with Gasteiger partial charge in [-0.15, -0.1) is 0 Å². The van der Waals surface area contributed by atoms with E-state index in [1.54, 1.807) is 19.1 Å². The summed E-state index contributed by atoms with van der Waals surface area (Å²) in [6.07, 6.45) is 1.26. The number of rotatable bonds is 5. The SMILES string of the molecule is CCNC(=O)CNC(=O)C1CCCN1C(=O)c1cc(Cl)ccc1Cl. The highest BCUT2D eigenvalue weighted by Gasteiger charge is 2.35. The largest absolute Gasteiger partial charge is 0.355 e. The van der Waals surface area contributed by atoms with E-state index >= 15 is 0 Å². The second-order valence-corrected chi connectivity index (χ2v) is 6.30. The van der Waals surface area contributed by atoms with Gasteiger partial charge in [-0.2, -0.15) is 0 Å². The Hall–Kier alpha value is -1.79. The molecule has 1 unspecified atom stereocenters. The monoisotopic (exact) mass is 371 g/mol. The van der Waals surface area contributed by atoms with Gasteiger partial charge in [-0.1, -0.05) is 23.2 Å². The molecule has 0 saturated carbocycles. The van der Waals surface area contributed by atoms with E-state index in [4.69, 9.17) is 23.2 Å². The third-order valence-corrected chi connectivity index (χ3v) is 4.34. The lowest BCUT2D eigenvalue weighted by Crippen LogP contribution is -2.48. The summed E-state index contributed by atoms with van der Waals surface area (Å²) in [6, 6.07) is 4.04. The first-order valence-corrected chi connectivity index (χ1v) is 8.50. The van der Waals surface area contributed by atoms with Crippen LogP contribution in [0.1, 0.15) is 30.1 Å². The van der Waals surface area contributed by atoms with Gasteiger partial charge in [0.2, 0.25) is 11.8 Å². The third-order valence-electron chi connectivity index (χ3n) is 3.77. The molecule has 130 valence electrons. The molecule has 0 aromatic heterocycles. The Kier molecular flexibility index (Phi) is 6.45. The van der Waals surface area contributed by atoms with Crippen molar-refractivity contribution >= 4 is 40.9 Å². The average Bonchev–Trinajstić information content (AvgIpc) is 3.04. The van der Waals surface area contributed by atoms with Crippen molar-refractivity contribution in [3.8, 4) is 0 Å². The van der Waals surface area contributed by atoms with E-state index in [2.05, 4.69) is 10.6 Å². The number of likely N-dealkylation sites (tertiary alicyclic amines) is 1. The maximum Gasteiger partial charge on any atom is 0.256 e. The van der Waals surface area contributed by atoms with Crippen molar-refractivity contribution in [1.29, 1.82) is 0 Å². The molecule has 1 heterocycles. The number of hydrogen-bond donors (Lipinski definition) is 2. The minimum atomic E-state index is -0.609. The van der Waals surface area contributed by atoms with E-state index in [9.17, 15) is 14.4 Å². The van der Waals surface area contributed by atoms with Gasteiger partial charge in [0.25, 0.3) is 5.91 Å². The minimum Gasteiger partial charge on any atom is -0.355 e. The van der Waals surface area contributed by atoms with Gasteiger partial charge < -0.3 is 15.5 Å². The van der Waals surface area contributed by atoms with Gasteiger partial charge >= 0.3 is 0 Å². The lowest BCUT2D eigenvalue weighted by molar-refractivity contribution is -0.128. The highest BCUT2D eigenvalue weighted by molar-refractivity contribution is 6.35. The van der Waals surface area contributed by atoms with Crippen molar-refractivity contribution in [2.24, 2.45) is 0 Å². The summed E-state index contributed by atoms with van der Waals surface area (Å²) in [5.41, 5.74) is 0.271. The molecule has 1 saturated heterocycles. The predicted molar refractivity (Wildman–Crippen MR) is 92.2 cm³/mol. The molecule has 1 atom stereocenters. The number of amides is 3. The molecule has 8 heteroatoms. The van der Waals surface area contributed by atoms with Crippen LogP contribution in [0.25, 0.3) is 0 Å². The Morgan fingerprint density at radius 2 is 2.00 bits per heavy atom. The molecule has 1 fully saturated rings. The van der Waals surface area contributed by atoms with Crippen molar-refractivity contribution in [3.05, 3.63) is 33.8 Å². The lowest BCUT2D eigenvalue weighted by atomic mass is 10.1. The summed E-state index contributed by atoms with van der Waals surface area (Å²) in [6.45, 7) is 2.64. The van der Waals surface area contributed by atoms with Crippen LogP contribution in [0.15, 0.2) is 18.2 Å². The second-order valence-electron chi connectivity index (χ2n) is 5.45. The molecule has 24 heavy (non-hydrogen) atoms. The van der Waals surface area contributed by atoms with E-state index in [1.807, 2.05) is 0 Å². The van der Waals surface area contributed by atoms with Gasteiger partial charge in [0.1, 0.15) is 6.04 Å². The van der Waals surface area contributed by atoms with Crippen LogP contribution < -0.4 is 10.6 Å². The van der Waals surface area contributed by atoms with Gasteiger partial charge in [-0.3, -0.25) is 14.4 Å². The average molecular weight is 372 g/mol. The van der Waals surface area contributed by atoms with Crippen molar-refractivity contribution < 1.29 is 14.4 Å². The zero-order chi connectivity index (χ0) is 17.7. The van der Waals surface area contributed by atoms with E-state index in [0.717, 1.165) is 0 Å². The van der Waals surface area contributed by atoms with Crippen LogP contribution in [0.5, 0.6) is 0 Å². The molecule has 3 amide bonds. The van der Waals surface area contributed by atoms with Crippen LogP contribution in [-0.4, -0.2) is 48.3 Å². The Balaban J connectivity index is 2.06. The van der Waals surface area contributed by atoms with Gasteiger partial charge in [0, 0.05) is 18.1 Å². The van der Waals surface area contributed by atoms with Crippen molar-refractivity contribution in [2.75, 3.05) is 19.6 Å². The number of benzene rings is 1. The number of nitrogens with zero attached hydrogens (tertiary/aromatic N) is 1. The molecular weight excluding hydrogens is 353 g/mol. The fourth-order valence-corrected chi connectivity index (χ4v) is 3.01. The first-order valence-electron chi connectivity index (χ1n) is 7.74. The Bertz CT molecular complexity index is 651. The number of carbonyl (C=O) groups excluding carboxylic acids is 3. The molecule has 1 aromatic rings. The zero-order valence-corrected chi connectivity index (χ0v) is 14.8. The highest BCUT2D eigenvalue weighted by atomic mass is 35.5. The molecule has 0 aliphatic carbocycles. The molecule has 1 aliphatic rings. The summed E-state index contributed by atoms with van der Waals surface area (Å²) in [5.74, 6) is -0.942. The normalized spacial score (nSPS) is 16.8. The van der Waals surface area contributed by atoms with E-state index in [1.165, 1.54) is 11.0 Å². The Morgan fingerprint density at radius 3 is 2.71 bits per heavy atom. The maximum absolute atomic E-state index is 12.7. The molecule has 2 rings (SSSR count). The topological polar surface area (TPSA) is 78.5 Å². The molecule has 0 radical (unpaired) electrons. The van der Waals surface area contributed by atoms with Gasteiger partial charge in [-0.05, 0) is 38.0 Å². The minimum absolute atomic E-state index is 0.108. The molecule has 1 aliphatic heterocycles. The summed E-state index contributed by atoms with van der Waals surface area (Å²) in [7, 11) is 0. The number of hydrogen-bond acceptors (Lipinski definition) is 3. The standard InChI is InChI=1S/C16H19Cl2N3O3/c1-2-19-14(22)9-20-15(23)13-4-3-7-21(13)16(24)11-8-10(17)5-6-12(11)18/h5-6,8,13H,2-4,7,9H2,1H3,(H,19,22)(H,20,23). The fraction of sp³-hybridized carbons (Fsp3) is 0.438. The van der Waals surface area contributed by atoms with E-state index < -0.39 is 6.04 Å². The van der Waals surface area contributed by atoms with Crippen LogP contribution in [0.4, 0.5) is 0 Å². The Labute approximate surface area is 150 Å². The number of nitrogens with one attached hydrogen (secondary N) is 2. The number of carbonyl (C=O) groups is 3. The molecule has 6 nitrogen and oxygen atoms in total. The second kappa shape index (κ2) is 8.35. The molecule has 1 aromatic carbocycles. The molecule has 0 bridgehead atoms. The summed E-state index contributed by atoms with van der Waals surface area (Å²) >= 11 is 12.0. The maximum atomic E-state index is 12.7. The van der Waals surface area contributed by atoms with Crippen LogP contribution in [0.3, 0.4) is 0 Å². The molecular formula is C16H19Cl2N3O3. The highest BCUT2D eigenvalue weighted by Crippen LogP contribution is 2.26. The lowest BCUT2D eigenvalue weighted by Gasteiger charge is -2.24. The van der Waals surface area contributed by atoms with Crippen LogP contribution >= 0.6 is 23.2 Å².